The monoisotopic (exact) mass is 518 g/mol. The van der Waals surface area contributed by atoms with Crippen molar-refractivity contribution in [2.24, 2.45) is 4.99 Å². The van der Waals surface area contributed by atoms with Gasteiger partial charge in [0.05, 0.1) is 12.6 Å². The van der Waals surface area contributed by atoms with Crippen molar-refractivity contribution in [2.75, 3.05) is 39.5 Å². The molecule has 0 radical (unpaired) electrons. The van der Waals surface area contributed by atoms with Gasteiger partial charge in [-0.3, -0.25) is 4.79 Å². The zero-order valence-electron chi connectivity index (χ0n) is 16.6. The molecule has 2 aliphatic rings. The predicted molar refractivity (Wildman–Crippen MR) is 127 cm³/mol. The van der Waals surface area contributed by atoms with Crippen LogP contribution in [0.1, 0.15) is 37.3 Å². The SMILES string of the molecule is CN(C)C(=O)CN=C(NCC1CCCCS1)NC1CCOc2ccccc21.I. The van der Waals surface area contributed by atoms with Crippen molar-refractivity contribution in [3.8, 4) is 5.75 Å². The number of fused-ring (bicyclic) bond motifs is 1. The highest BCUT2D eigenvalue weighted by atomic mass is 127. The van der Waals surface area contributed by atoms with Gasteiger partial charge in [0.25, 0.3) is 0 Å². The van der Waals surface area contributed by atoms with E-state index in [9.17, 15) is 4.79 Å². The van der Waals surface area contributed by atoms with E-state index in [0.29, 0.717) is 17.8 Å². The van der Waals surface area contributed by atoms with Crippen molar-refractivity contribution < 1.29 is 9.53 Å². The summed E-state index contributed by atoms with van der Waals surface area (Å²) in [5, 5.41) is 7.60. The van der Waals surface area contributed by atoms with Crippen molar-refractivity contribution in [1.29, 1.82) is 0 Å². The lowest BCUT2D eigenvalue weighted by atomic mass is 10.0. The summed E-state index contributed by atoms with van der Waals surface area (Å²) in [5.41, 5.74) is 1.14. The number of halogens is 1. The van der Waals surface area contributed by atoms with Crippen LogP contribution in [0.5, 0.6) is 5.75 Å². The van der Waals surface area contributed by atoms with Crippen LogP contribution in [0.2, 0.25) is 0 Å². The van der Waals surface area contributed by atoms with Crippen LogP contribution in [-0.4, -0.2) is 61.6 Å². The molecule has 0 aliphatic carbocycles. The number of aliphatic imine (C=N–C) groups is 1. The lowest BCUT2D eigenvalue weighted by Gasteiger charge is -2.29. The zero-order chi connectivity index (χ0) is 19.1. The van der Waals surface area contributed by atoms with Gasteiger partial charge in [0, 0.05) is 37.9 Å². The van der Waals surface area contributed by atoms with E-state index in [1.165, 1.54) is 25.0 Å². The standard InChI is InChI=1S/C20H30N4O2S.HI/c1-24(2)19(25)14-22-20(21-13-15-7-5-6-12-27-15)23-17-10-11-26-18-9-4-3-8-16(17)18;/h3-4,8-9,15,17H,5-7,10-14H2,1-2H3,(H2,21,22,23);1H. The molecule has 0 saturated carbocycles. The van der Waals surface area contributed by atoms with Gasteiger partial charge in [-0.2, -0.15) is 11.8 Å². The Morgan fingerprint density at radius 1 is 1.29 bits per heavy atom. The smallest absolute Gasteiger partial charge is 0.243 e. The molecule has 2 heterocycles. The number of benzene rings is 1. The van der Waals surface area contributed by atoms with Crippen molar-refractivity contribution in [2.45, 2.75) is 37.0 Å². The van der Waals surface area contributed by atoms with Gasteiger partial charge in [0.15, 0.2) is 5.96 Å². The van der Waals surface area contributed by atoms with Crippen molar-refractivity contribution in [3.05, 3.63) is 29.8 Å². The highest BCUT2D eigenvalue weighted by Crippen LogP contribution is 2.31. The molecule has 2 atom stereocenters. The third kappa shape index (κ3) is 6.72. The minimum absolute atomic E-state index is 0. The largest absolute Gasteiger partial charge is 0.493 e. The number of carbonyl (C=O) groups is 1. The summed E-state index contributed by atoms with van der Waals surface area (Å²) < 4.78 is 5.76. The summed E-state index contributed by atoms with van der Waals surface area (Å²) in [6.45, 7) is 1.69. The summed E-state index contributed by atoms with van der Waals surface area (Å²) in [5.74, 6) is 2.86. The Labute approximate surface area is 189 Å². The van der Waals surface area contributed by atoms with Gasteiger partial charge in [-0.25, -0.2) is 4.99 Å². The zero-order valence-corrected chi connectivity index (χ0v) is 19.8. The van der Waals surface area contributed by atoms with Crippen LogP contribution in [0.25, 0.3) is 0 Å². The molecule has 3 rings (SSSR count). The number of thioether (sulfide) groups is 1. The minimum atomic E-state index is -0.00415. The molecular formula is C20H31IN4O2S. The fourth-order valence-corrected chi connectivity index (χ4v) is 4.52. The first-order chi connectivity index (χ1) is 13.1. The van der Waals surface area contributed by atoms with Crippen molar-refractivity contribution >= 4 is 47.6 Å². The average Bonchev–Trinajstić information content (AvgIpc) is 2.70. The first-order valence-corrected chi connectivity index (χ1v) is 10.8. The van der Waals surface area contributed by atoms with Crippen molar-refractivity contribution in [1.82, 2.24) is 15.5 Å². The topological polar surface area (TPSA) is 66.0 Å². The summed E-state index contributed by atoms with van der Waals surface area (Å²) in [7, 11) is 3.51. The lowest BCUT2D eigenvalue weighted by molar-refractivity contribution is -0.127. The fourth-order valence-electron chi connectivity index (χ4n) is 3.28. The molecule has 28 heavy (non-hydrogen) atoms. The molecule has 0 bridgehead atoms. The third-order valence-electron chi connectivity index (χ3n) is 4.91. The number of hydrogen-bond acceptors (Lipinski definition) is 4. The van der Waals surface area contributed by atoms with E-state index in [1.807, 2.05) is 30.0 Å². The number of para-hydroxylation sites is 1. The Morgan fingerprint density at radius 3 is 2.86 bits per heavy atom. The average molecular weight is 518 g/mol. The fraction of sp³-hybridized carbons (Fsp3) is 0.600. The van der Waals surface area contributed by atoms with Crippen LogP contribution in [0.4, 0.5) is 0 Å². The van der Waals surface area contributed by atoms with E-state index >= 15 is 0 Å². The molecule has 6 nitrogen and oxygen atoms in total. The highest BCUT2D eigenvalue weighted by Gasteiger charge is 2.22. The number of carbonyl (C=O) groups excluding carboxylic acids is 1. The number of guanidine groups is 1. The molecule has 1 aromatic rings. The molecule has 1 amide bonds. The maximum Gasteiger partial charge on any atom is 0.243 e. The van der Waals surface area contributed by atoms with Gasteiger partial charge in [-0.15, -0.1) is 24.0 Å². The molecule has 0 spiro atoms. The molecule has 1 saturated heterocycles. The molecule has 2 unspecified atom stereocenters. The molecule has 1 aromatic carbocycles. The maximum atomic E-state index is 12.0. The van der Waals surface area contributed by atoms with E-state index in [2.05, 4.69) is 21.7 Å². The molecule has 156 valence electrons. The Bertz CT molecular complexity index is 665. The van der Waals surface area contributed by atoms with Gasteiger partial charge in [-0.1, -0.05) is 24.6 Å². The van der Waals surface area contributed by atoms with Crippen LogP contribution in [-0.2, 0) is 4.79 Å². The summed E-state index contributed by atoms with van der Waals surface area (Å²) in [6, 6.07) is 8.24. The van der Waals surface area contributed by atoms with Crippen LogP contribution in [0.15, 0.2) is 29.3 Å². The normalized spacial score (nSPS) is 21.6. The molecular weight excluding hydrogens is 487 g/mol. The second kappa shape index (κ2) is 11.7. The molecule has 1 fully saturated rings. The molecule has 0 aromatic heterocycles. The Kier molecular flexibility index (Phi) is 9.70. The second-order valence-electron chi connectivity index (χ2n) is 7.19. The number of rotatable bonds is 5. The summed E-state index contributed by atoms with van der Waals surface area (Å²) in [4.78, 5) is 18.1. The van der Waals surface area contributed by atoms with Crippen LogP contribution in [0, 0.1) is 0 Å². The van der Waals surface area contributed by atoms with E-state index in [-0.39, 0.29) is 42.5 Å². The molecule has 2 aliphatic heterocycles. The van der Waals surface area contributed by atoms with Crippen LogP contribution >= 0.6 is 35.7 Å². The maximum absolute atomic E-state index is 12.0. The number of nitrogens with one attached hydrogen (secondary N) is 2. The van der Waals surface area contributed by atoms with Crippen LogP contribution < -0.4 is 15.4 Å². The highest BCUT2D eigenvalue weighted by molar-refractivity contribution is 14.0. The Morgan fingerprint density at radius 2 is 2.11 bits per heavy atom. The molecule has 2 N–H and O–H groups in total. The first-order valence-electron chi connectivity index (χ1n) is 9.72. The van der Waals surface area contributed by atoms with Gasteiger partial charge in [0.1, 0.15) is 12.3 Å². The molecule has 8 heteroatoms. The number of ether oxygens (including phenoxy) is 1. The van der Waals surface area contributed by atoms with E-state index in [1.54, 1.807) is 19.0 Å². The summed E-state index contributed by atoms with van der Waals surface area (Å²) in [6.07, 6.45) is 4.72. The third-order valence-corrected chi connectivity index (χ3v) is 6.31. The number of hydrogen-bond donors (Lipinski definition) is 2. The second-order valence-corrected chi connectivity index (χ2v) is 8.60. The first kappa shape index (κ1) is 23.1. The number of amides is 1. The summed E-state index contributed by atoms with van der Waals surface area (Å²) >= 11 is 2.03. The Balaban J connectivity index is 0.00000280. The van der Waals surface area contributed by atoms with E-state index in [4.69, 9.17) is 4.74 Å². The number of likely N-dealkylation sites (N-methyl/N-ethyl adjacent to an activating group) is 1. The van der Waals surface area contributed by atoms with E-state index < -0.39 is 0 Å². The van der Waals surface area contributed by atoms with E-state index in [0.717, 1.165) is 24.3 Å². The van der Waals surface area contributed by atoms with Gasteiger partial charge in [-0.05, 0) is 24.7 Å². The van der Waals surface area contributed by atoms with Crippen LogP contribution in [0.3, 0.4) is 0 Å². The number of nitrogens with zero attached hydrogens (tertiary/aromatic N) is 2. The lowest BCUT2D eigenvalue weighted by Crippen LogP contribution is -2.44. The van der Waals surface area contributed by atoms with Gasteiger partial charge in [0.2, 0.25) is 5.91 Å². The predicted octanol–water partition coefficient (Wildman–Crippen LogP) is 3.04. The quantitative estimate of drug-likeness (QED) is 0.357. The van der Waals surface area contributed by atoms with Gasteiger partial charge >= 0.3 is 0 Å². The Hall–Kier alpha value is -1.16. The minimum Gasteiger partial charge on any atom is -0.493 e. The van der Waals surface area contributed by atoms with Gasteiger partial charge < -0.3 is 20.3 Å². The van der Waals surface area contributed by atoms with Crippen molar-refractivity contribution in [3.63, 3.8) is 0 Å².